The molecule has 0 aromatic rings. The van der Waals surface area contributed by atoms with Crippen molar-refractivity contribution in [2.24, 2.45) is 5.92 Å². The number of carbonyl (C=O) groups is 1. The maximum absolute atomic E-state index is 11.6. The zero-order valence-corrected chi connectivity index (χ0v) is 15.1. The summed E-state index contributed by atoms with van der Waals surface area (Å²) >= 11 is 0. The minimum absolute atomic E-state index is 0.0612. The number of hydrogen-bond donors (Lipinski definition) is 0. The third-order valence-corrected chi connectivity index (χ3v) is 5.89. The molecule has 0 amide bonds. The lowest BCUT2D eigenvalue weighted by molar-refractivity contribution is -0.150. The average Bonchev–Trinajstić information content (AvgIpc) is 3.07. The number of ether oxygens (including phenoxy) is 3. The topological polar surface area (TPSA) is 48.0 Å². The van der Waals surface area contributed by atoms with E-state index in [1.165, 1.54) is 45.6 Å². The summed E-state index contributed by atoms with van der Waals surface area (Å²) in [5.41, 5.74) is 0. The van der Waals surface area contributed by atoms with Gasteiger partial charge in [0.05, 0.1) is 25.2 Å². The van der Waals surface area contributed by atoms with Gasteiger partial charge in [-0.3, -0.25) is 9.69 Å². The smallest absolute Gasteiger partial charge is 0.308 e. The molecule has 5 heteroatoms. The highest BCUT2D eigenvalue weighted by atomic mass is 16.5. The van der Waals surface area contributed by atoms with Crippen LogP contribution < -0.4 is 0 Å². The van der Waals surface area contributed by atoms with Gasteiger partial charge in [-0.15, -0.1) is 0 Å². The highest BCUT2D eigenvalue weighted by molar-refractivity contribution is 5.72. The second-order valence-corrected chi connectivity index (χ2v) is 7.60. The summed E-state index contributed by atoms with van der Waals surface area (Å²) in [4.78, 5) is 13.9. The fraction of sp³-hybridized carbons (Fsp3) is 0.947. The molecule has 1 heterocycles. The Morgan fingerprint density at radius 1 is 0.917 bits per heavy atom. The summed E-state index contributed by atoms with van der Waals surface area (Å²) in [7, 11) is 1.48. The number of nitrogens with zero attached hydrogens (tertiary/aromatic N) is 1. The van der Waals surface area contributed by atoms with E-state index >= 15 is 0 Å². The number of hydrogen-bond acceptors (Lipinski definition) is 5. The summed E-state index contributed by atoms with van der Waals surface area (Å²) in [5, 5.41) is 0. The maximum Gasteiger partial charge on any atom is 0.308 e. The first-order valence-electron chi connectivity index (χ1n) is 9.85. The molecule has 0 radical (unpaired) electrons. The van der Waals surface area contributed by atoms with Crippen molar-refractivity contribution in [3.05, 3.63) is 0 Å². The molecule has 0 bridgehead atoms. The Hall–Kier alpha value is -0.650. The van der Waals surface area contributed by atoms with Crippen LogP contribution in [0, 0.1) is 5.92 Å². The lowest BCUT2D eigenvalue weighted by Crippen LogP contribution is -2.38. The third-order valence-electron chi connectivity index (χ3n) is 5.89. The van der Waals surface area contributed by atoms with Gasteiger partial charge in [0.25, 0.3) is 0 Å². The molecule has 2 aliphatic carbocycles. The van der Waals surface area contributed by atoms with Gasteiger partial charge in [-0.1, -0.05) is 19.3 Å². The van der Waals surface area contributed by atoms with Gasteiger partial charge in [0.2, 0.25) is 0 Å². The van der Waals surface area contributed by atoms with E-state index in [1.807, 2.05) is 0 Å². The second kappa shape index (κ2) is 9.16. The zero-order valence-electron chi connectivity index (χ0n) is 15.1. The van der Waals surface area contributed by atoms with Crippen LogP contribution in [0.5, 0.6) is 0 Å². The second-order valence-electron chi connectivity index (χ2n) is 7.60. The van der Waals surface area contributed by atoms with Gasteiger partial charge in [0.15, 0.2) is 0 Å². The minimum atomic E-state index is -0.0612. The molecule has 1 aliphatic heterocycles. The third kappa shape index (κ3) is 4.93. The number of likely N-dealkylation sites (tertiary alicyclic amines) is 1. The van der Waals surface area contributed by atoms with Crippen molar-refractivity contribution in [1.82, 2.24) is 4.90 Å². The Morgan fingerprint density at radius 2 is 1.67 bits per heavy atom. The number of rotatable bonds is 6. The quantitative estimate of drug-likeness (QED) is 0.694. The molecular weight excluding hydrogens is 306 g/mol. The molecular formula is C19H33NO4. The monoisotopic (exact) mass is 339 g/mol. The van der Waals surface area contributed by atoms with Crippen LogP contribution in [0.1, 0.15) is 70.6 Å². The predicted octanol–water partition coefficient (Wildman–Crippen LogP) is 3.46. The number of methoxy groups -OCH3 is 1. The van der Waals surface area contributed by atoms with Gasteiger partial charge in [-0.2, -0.15) is 0 Å². The van der Waals surface area contributed by atoms with Crippen LogP contribution in [-0.4, -0.2) is 49.7 Å². The highest BCUT2D eigenvalue weighted by Crippen LogP contribution is 2.29. The van der Waals surface area contributed by atoms with Crippen molar-refractivity contribution in [3.63, 3.8) is 0 Å². The van der Waals surface area contributed by atoms with Crippen LogP contribution in [-0.2, 0) is 19.0 Å². The van der Waals surface area contributed by atoms with Gasteiger partial charge in [-0.25, -0.2) is 0 Å². The SMILES string of the molecule is COC(=O)C1CCC(OCN2CCC[C@@H]2OC2CCCCC2)CC1. The fourth-order valence-corrected chi connectivity index (χ4v) is 4.35. The van der Waals surface area contributed by atoms with Gasteiger partial charge in [0.1, 0.15) is 13.0 Å². The lowest BCUT2D eigenvalue weighted by atomic mass is 9.87. The van der Waals surface area contributed by atoms with Crippen LogP contribution in [0.3, 0.4) is 0 Å². The summed E-state index contributed by atoms with van der Waals surface area (Å²) in [5.74, 6) is 0.0120. The molecule has 1 atom stereocenters. The molecule has 0 spiro atoms. The molecule has 3 aliphatic rings. The Balaban J connectivity index is 1.37. The van der Waals surface area contributed by atoms with Crippen LogP contribution in [0.25, 0.3) is 0 Å². The Labute approximate surface area is 146 Å². The van der Waals surface area contributed by atoms with Gasteiger partial charge in [0, 0.05) is 6.54 Å². The highest BCUT2D eigenvalue weighted by Gasteiger charge is 2.31. The summed E-state index contributed by atoms with van der Waals surface area (Å²) in [6, 6.07) is 0. The van der Waals surface area contributed by atoms with Crippen molar-refractivity contribution in [3.8, 4) is 0 Å². The maximum atomic E-state index is 11.6. The van der Waals surface area contributed by atoms with Crippen molar-refractivity contribution in [2.75, 3.05) is 20.4 Å². The number of carbonyl (C=O) groups excluding carboxylic acids is 1. The molecule has 0 N–H and O–H groups in total. The largest absolute Gasteiger partial charge is 0.469 e. The van der Waals surface area contributed by atoms with Crippen LogP contribution in [0.15, 0.2) is 0 Å². The molecule has 0 unspecified atom stereocenters. The molecule has 2 saturated carbocycles. The van der Waals surface area contributed by atoms with E-state index in [4.69, 9.17) is 14.2 Å². The Morgan fingerprint density at radius 3 is 2.38 bits per heavy atom. The number of esters is 1. The minimum Gasteiger partial charge on any atom is -0.469 e. The molecule has 24 heavy (non-hydrogen) atoms. The van der Waals surface area contributed by atoms with E-state index in [2.05, 4.69) is 4.90 Å². The molecule has 1 saturated heterocycles. The first-order chi connectivity index (χ1) is 11.8. The van der Waals surface area contributed by atoms with E-state index in [0.29, 0.717) is 12.8 Å². The van der Waals surface area contributed by atoms with E-state index in [0.717, 1.165) is 38.6 Å². The summed E-state index contributed by atoms with van der Waals surface area (Å²) in [6.07, 6.45) is 13.5. The standard InChI is InChI=1S/C19H33NO4/c1-22-19(21)15-9-11-16(12-10-15)23-14-20-13-5-8-18(20)24-17-6-3-2-4-7-17/h15-18H,2-14H2,1H3/t15?,16?,18-/m0/s1. The molecule has 138 valence electrons. The van der Waals surface area contributed by atoms with Crippen LogP contribution >= 0.6 is 0 Å². The molecule has 5 nitrogen and oxygen atoms in total. The van der Waals surface area contributed by atoms with E-state index in [-0.39, 0.29) is 24.2 Å². The van der Waals surface area contributed by atoms with Crippen LogP contribution in [0.4, 0.5) is 0 Å². The van der Waals surface area contributed by atoms with Crippen molar-refractivity contribution >= 4 is 5.97 Å². The van der Waals surface area contributed by atoms with E-state index in [9.17, 15) is 4.79 Å². The zero-order chi connectivity index (χ0) is 16.8. The summed E-state index contributed by atoms with van der Waals surface area (Å²) < 4.78 is 17.3. The first kappa shape index (κ1) is 18.2. The summed E-state index contributed by atoms with van der Waals surface area (Å²) in [6.45, 7) is 1.75. The van der Waals surface area contributed by atoms with Gasteiger partial charge >= 0.3 is 5.97 Å². The Bertz CT molecular complexity index is 389. The molecule has 3 rings (SSSR count). The molecule has 0 aromatic heterocycles. The van der Waals surface area contributed by atoms with Crippen molar-refractivity contribution in [2.45, 2.75) is 89.1 Å². The van der Waals surface area contributed by atoms with Gasteiger partial charge < -0.3 is 14.2 Å². The predicted molar refractivity (Wildman–Crippen MR) is 91.4 cm³/mol. The normalized spacial score (nSPS) is 32.8. The molecule has 3 fully saturated rings. The van der Waals surface area contributed by atoms with E-state index < -0.39 is 0 Å². The fourth-order valence-electron chi connectivity index (χ4n) is 4.35. The molecule has 0 aromatic carbocycles. The van der Waals surface area contributed by atoms with Crippen molar-refractivity contribution in [1.29, 1.82) is 0 Å². The average molecular weight is 339 g/mol. The van der Waals surface area contributed by atoms with E-state index in [1.54, 1.807) is 0 Å². The van der Waals surface area contributed by atoms with Crippen molar-refractivity contribution < 1.29 is 19.0 Å². The van der Waals surface area contributed by atoms with Gasteiger partial charge in [-0.05, 0) is 51.4 Å². The van der Waals surface area contributed by atoms with Crippen LogP contribution in [0.2, 0.25) is 0 Å². The lowest BCUT2D eigenvalue weighted by Gasteiger charge is -2.33. The first-order valence-corrected chi connectivity index (χ1v) is 9.85. The Kier molecular flexibility index (Phi) is 6.93.